The van der Waals surface area contributed by atoms with Gasteiger partial charge in [0.1, 0.15) is 0 Å². The van der Waals surface area contributed by atoms with Gasteiger partial charge in [-0.1, -0.05) is 0 Å². The van der Waals surface area contributed by atoms with Gasteiger partial charge in [-0.15, -0.1) is 0 Å². The van der Waals surface area contributed by atoms with E-state index < -0.39 is 0 Å². The minimum absolute atomic E-state index is 0.369. The third-order valence-corrected chi connectivity index (χ3v) is 2.05. The average Bonchev–Trinajstić information content (AvgIpc) is 2.04. The fourth-order valence-electron chi connectivity index (χ4n) is 1.42. The highest BCUT2D eigenvalue weighted by Gasteiger charge is 2.14. The molecule has 0 atom stereocenters. The molecule has 0 aliphatic carbocycles. The highest BCUT2D eigenvalue weighted by atomic mass is 16.5. The van der Waals surface area contributed by atoms with Crippen molar-refractivity contribution in [3.05, 3.63) is 17.0 Å². The summed E-state index contributed by atoms with van der Waals surface area (Å²) >= 11 is 0. The van der Waals surface area contributed by atoms with Crippen molar-refractivity contribution in [2.75, 3.05) is 12.3 Å². The number of aromatic nitrogens is 2. The predicted octanol–water partition coefficient (Wildman–Crippen LogP) is 0.440. The topological polar surface area (TPSA) is 61.0 Å². The number of nitrogens with two attached hydrogens (primary N) is 1. The fourth-order valence-corrected chi connectivity index (χ4v) is 1.42. The van der Waals surface area contributed by atoms with Crippen LogP contribution in [-0.2, 0) is 17.8 Å². The standard InChI is InChI=1S/C8H11N3O/c1-5-6-4-12-3-2-7(6)11-8(9)10-5/h2-4H2,1H3,(H2,9,10,11). The zero-order valence-corrected chi connectivity index (χ0v) is 7.00. The Kier molecular flexibility index (Phi) is 1.69. The summed E-state index contributed by atoms with van der Waals surface area (Å²) in [6.07, 6.45) is 0.850. The molecule has 1 aromatic heterocycles. The van der Waals surface area contributed by atoms with E-state index in [0.717, 1.165) is 30.0 Å². The molecule has 2 heterocycles. The molecule has 0 fully saturated rings. The van der Waals surface area contributed by atoms with Crippen LogP contribution in [0.5, 0.6) is 0 Å². The Bertz CT molecular complexity index is 311. The second-order valence-electron chi connectivity index (χ2n) is 2.90. The van der Waals surface area contributed by atoms with E-state index in [1.54, 1.807) is 0 Å². The van der Waals surface area contributed by atoms with E-state index in [4.69, 9.17) is 10.5 Å². The van der Waals surface area contributed by atoms with E-state index in [1.807, 2.05) is 6.92 Å². The third-order valence-electron chi connectivity index (χ3n) is 2.05. The van der Waals surface area contributed by atoms with Gasteiger partial charge in [0.2, 0.25) is 5.95 Å². The summed E-state index contributed by atoms with van der Waals surface area (Å²) in [6.45, 7) is 3.30. The van der Waals surface area contributed by atoms with Gasteiger partial charge in [0.05, 0.1) is 18.9 Å². The number of nitrogens with zero attached hydrogens (tertiary/aromatic N) is 2. The maximum Gasteiger partial charge on any atom is 0.220 e. The number of ether oxygens (including phenoxy) is 1. The highest BCUT2D eigenvalue weighted by Crippen LogP contribution is 2.17. The van der Waals surface area contributed by atoms with Gasteiger partial charge in [-0.25, -0.2) is 9.97 Å². The molecule has 64 valence electrons. The molecule has 2 N–H and O–H groups in total. The first-order valence-electron chi connectivity index (χ1n) is 3.97. The van der Waals surface area contributed by atoms with Crippen molar-refractivity contribution in [3.8, 4) is 0 Å². The quantitative estimate of drug-likeness (QED) is 0.606. The number of fused-ring (bicyclic) bond motifs is 1. The summed E-state index contributed by atoms with van der Waals surface area (Å²) < 4.78 is 5.30. The molecule has 4 nitrogen and oxygen atoms in total. The molecule has 12 heavy (non-hydrogen) atoms. The zero-order chi connectivity index (χ0) is 8.55. The first kappa shape index (κ1) is 7.49. The number of nitrogen functional groups attached to an aromatic ring is 1. The molecule has 0 saturated heterocycles. The molecule has 0 unspecified atom stereocenters. The van der Waals surface area contributed by atoms with Gasteiger partial charge in [-0.2, -0.15) is 0 Å². The molecule has 0 bridgehead atoms. The molecule has 1 aliphatic rings. The summed E-state index contributed by atoms with van der Waals surface area (Å²) in [7, 11) is 0. The van der Waals surface area contributed by atoms with E-state index in [-0.39, 0.29) is 0 Å². The number of aryl methyl sites for hydroxylation is 1. The lowest BCUT2D eigenvalue weighted by Gasteiger charge is -2.16. The lowest BCUT2D eigenvalue weighted by Crippen LogP contribution is -2.15. The first-order valence-corrected chi connectivity index (χ1v) is 3.97. The molecular formula is C8H11N3O. The molecule has 1 aliphatic heterocycles. The summed E-state index contributed by atoms with van der Waals surface area (Å²) in [5.41, 5.74) is 8.62. The van der Waals surface area contributed by atoms with Crippen LogP contribution in [0.2, 0.25) is 0 Å². The van der Waals surface area contributed by atoms with E-state index in [1.165, 1.54) is 0 Å². The normalized spacial score (nSPS) is 15.8. The molecule has 0 radical (unpaired) electrons. The largest absolute Gasteiger partial charge is 0.376 e. The van der Waals surface area contributed by atoms with Gasteiger partial charge in [0.25, 0.3) is 0 Å². The summed E-state index contributed by atoms with van der Waals surface area (Å²) in [6, 6.07) is 0. The van der Waals surface area contributed by atoms with Crippen LogP contribution in [-0.4, -0.2) is 16.6 Å². The Morgan fingerprint density at radius 2 is 2.25 bits per heavy atom. The lowest BCUT2D eigenvalue weighted by atomic mass is 10.1. The second kappa shape index (κ2) is 2.71. The van der Waals surface area contributed by atoms with E-state index >= 15 is 0 Å². The van der Waals surface area contributed by atoms with Crippen LogP contribution in [0.15, 0.2) is 0 Å². The van der Waals surface area contributed by atoms with Crippen molar-refractivity contribution < 1.29 is 4.74 Å². The van der Waals surface area contributed by atoms with Gasteiger partial charge in [-0.3, -0.25) is 0 Å². The average molecular weight is 165 g/mol. The van der Waals surface area contributed by atoms with E-state index in [2.05, 4.69) is 9.97 Å². The second-order valence-corrected chi connectivity index (χ2v) is 2.90. The van der Waals surface area contributed by atoms with Crippen LogP contribution in [0.4, 0.5) is 5.95 Å². The third kappa shape index (κ3) is 1.14. The van der Waals surface area contributed by atoms with Gasteiger partial charge in [-0.05, 0) is 6.92 Å². The number of anilines is 1. The number of hydrogen-bond donors (Lipinski definition) is 1. The fraction of sp³-hybridized carbons (Fsp3) is 0.500. The van der Waals surface area contributed by atoms with Crippen LogP contribution in [0.3, 0.4) is 0 Å². The predicted molar refractivity (Wildman–Crippen MR) is 44.5 cm³/mol. The van der Waals surface area contributed by atoms with E-state index in [9.17, 15) is 0 Å². The summed E-state index contributed by atoms with van der Waals surface area (Å²) in [4.78, 5) is 8.23. The van der Waals surface area contributed by atoms with Crippen LogP contribution in [0.1, 0.15) is 17.0 Å². The molecule has 0 spiro atoms. The summed E-state index contributed by atoms with van der Waals surface area (Å²) in [5.74, 6) is 0.369. The van der Waals surface area contributed by atoms with Crippen molar-refractivity contribution in [2.45, 2.75) is 20.0 Å². The van der Waals surface area contributed by atoms with Crippen LogP contribution in [0.25, 0.3) is 0 Å². The minimum Gasteiger partial charge on any atom is -0.376 e. The first-order chi connectivity index (χ1) is 5.77. The van der Waals surface area contributed by atoms with Crippen molar-refractivity contribution in [2.24, 2.45) is 0 Å². The van der Waals surface area contributed by atoms with Crippen LogP contribution < -0.4 is 5.73 Å². The van der Waals surface area contributed by atoms with Crippen molar-refractivity contribution in [1.82, 2.24) is 9.97 Å². The van der Waals surface area contributed by atoms with Gasteiger partial charge >= 0.3 is 0 Å². The Morgan fingerprint density at radius 3 is 3.08 bits per heavy atom. The number of hydrogen-bond acceptors (Lipinski definition) is 4. The summed E-state index contributed by atoms with van der Waals surface area (Å²) in [5, 5.41) is 0. The smallest absolute Gasteiger partial charge is 0.220 e. The van der Waals surface area contributed by atoms with Gasteiger partial charge in [0.15, 0.2) is 0 Å². The Hall–Kier alpha value is -1.16. The minimum atomic E-state index is 0.369. The number of rotatable bonds is 0. The molecule has 0 saturated carbocycles. The lowest BCUT2D eigenvalue weighted by molar-refractivity contribution is 0.108. The monoisotopic (exact) mass is 165 g/mol. The van der Waals surface area contributed by atoms with Gasteiger partial charge in [0, 0.05) is 17.7 Å². The molecule has 2 rings (SSSR count). The Morgan fingerprint density at radius 1 is 1.42 bits per heavy atom. The van der Waals surface area contributed by atoms with Crippen LogP contribution in [0, 0.1) is 6.92 Å². The van der Waals surface area contributed by atoms with Crippen molar-refractivity contribution >= 4 is 5.95 Å². The molecular weight excluding hydrogens is 154 g/mol. The Balaban J connectivity index is 2.53. The molecule has 1 aromatic rings. The Labute approximate surface area is 70.8 Å². The maximum absolute atomic E-state index is 5.52. The van der Waals surface area contributed by atoms with Gasteiger partial charge < -0.3 is 10.5 Å². The molecule has 4 heteroatoms. The van der Waals surface area contributed by atoms with Crippen LogP contribution >= 0.6 is 0 Å². The molecule has 0 amide bonds. The van der Waals surface area contributed by atoms with Crippen molar-refractivity contribution in [1.29, 1.82) is 0 Å². The zero-order valence-electron chi connectivity index (χ0n) is 7.00. The molecule has 0 aromatic carbocycles. The maximum atomic E-state index is 5.52. The van der Waals surface area contributed by atoms with E-state index in [0.29, 0.717) is 12.6 Å². The van der Waals surface area contributed by atoms with Crippen molar-refractivity contribution in [3.63, 3.8) is 0 Å². The highest BCUT2D eigenvalue weighted by molar-refractivity contribution is 5.31. The SMILES string of the molecule is Cc1nc(N)nc2c1COCC2.